The molecule has 2 fully saturated rings. The lowest BCUT2D eigenvalue weighted by Crippen LogP contribution is -2.34. The van der Waals surface area contributed by atoms with Gasteiger partial charge in [0.1, 0.15) is 12.1 Å². The maximum atomic E-state index is 13.8. The number of halogens is 1. The summed E-state index contributed by atoms with van der Waals surface area (Å²) < 4.78 is 15.5. The van der Waals surface area contributed by atoms with E-state index >= 15 is 0 Å². The molecule has 3 aromatic rings. The third-order valence-electron chi connectivity index (χ3n) is 5.25. The van der Waals surface area contributed by atoms with Crippen molar-refractivity contribution in [2.45, 2.75) is 0 Å². The van der Waals surface area contributed by atoms with Crippen molar-refractivity contribution in [3.05, 3.63) is 48.3 Å². The molecular formula is C17H16FN7O. The molecule has 2 atom stereocenters. The van der Waals surface area contributed by atoms with Crippen LogP contribution in [0.1, 0.15) is 10.4 Å². The SMILES string of the molecule is O=C(c1ccncc1F)N1CC2CN(c3ccc4nncn4n3)CC2C1. The molecule has 0 aromatic carbocycles. The number of anilines is 1. The first-order valence-corrected chi connectivity index (χ1v) is 8.50. The predicted octanol–water partition coefficient (Wildman–Crippen LogP) is 0.867. The summed E-state index contributed by atoms with van der Waals surface area (Å²) in [5, 5.41) is 12.3. The minimum Gasteiger partial charge on any atom is -0.354 e. The van der Waals surface area contributed by atoms with Crippen LogP contribution in [0.15, 0.2) is 36.9 Å². The quantitative estimate of drug-likeness (QED) is 0.680. The maximum Gasteiger partial charge on any atom is 0.256 e. The Kier molecular flexibility index (Phi) is 3.34. The van der Waals surface area contributed by atoms with Gasteiger partial charge in [0.2, 0.25) is 0 Å². The standard InChI is InChI=1S/C17H16FN7O/c18-14-5-19-4-3-13(14)17(26)24-8-11-6-23(7-12(11)9-24)16-2-1-15-21-20-10-25(15)22-16/h1-5,10-12H,6-9H2. The number of hydrogen-bond acceptors (Lipinski definition) is 6. The lowest BCUT2D eigenvalue weighted by molar-refractivity contribution is 0.0777. The number of carbonyl (C=O) groups excluding carboxylic acids is 1. The first kappa shape index (κ1) is 15.2. The number of carbonyl (C=O) groups is 1. The first-order chi connectivity index (χ1) is 12.7. The molecule has 0 spiro atoms. The van der Waals surface area contributed by atoms with Gasteiger partial charge in [-0.25, -0.2) is 4.39 Å². The Hall–Kier alpha value is -3.10. The van der Waals surface area contributed by atoms with Gasteiger partial charge in [-0.2, -0.15) is 4.52 Å². The molecule has 2 aliphatic rings. The smallest absolute Gasteiger partial charge is 0.256 e. The summed E-state index contributed by atoms with van der Waals surface area (Å²) in [5.41, 5.74) is 0.806. The van der Waals surface area contributed by atoms with Crippen molar-refractivity contribution in [3.8, 4) is 0 Å². The molecule has 0 aliphatic carbocycles. The van der Waals surface area contributed by atoms with Gasteiger partial charge in [-0.05, 0) is 18.2 Å². The zero-order valence-corrected chi connectivity index (χ0v) is 13.9. The van der Waals surface area contributed by atoms with Crippen LogP contribution in [0.3, 0.4) is 0 Å². The van der Waals surface area contributed by atoms with Gasteiger partial charge in [0.25, 0.3) is 5.91 Å². The highest BCUT2D eigenvalue weighted by Crippen LogP contribution is 2.34. The van der Waals surface area contributed by atoms with Gasteiger partial charge in [-0.1, -0.05) is 0 Å². The topological polar surface area (TPSA) is 79.5 Å². The van der Waals surface area contributed by atoms with Crippen LogP contribution in [0, 0.1) is 17.7 Å². The summed E-state index contributed by atoms with van der Waals surface area (Å²) in [5.74, 6) is 0.784. The molecule has 5 rings (SSSR count). The Bertz CT molecular complexity index is 976. The van der Waals surface area contributed by atoms with Crippen molar-refractivity contribution >= 4 is 17.4 Å². The summed E-state index contributed by atoms with van der Waals surface area (Å²) in [6.07, 6.45) is 4.11. The van der Waals surface area contributed by atoms with E-state index in [9.17, 15) is 9.18 Å². The molecule has 132 valence electrons. The molecular weight excluding hydrogens is 337 g/mol. The highest BCUT2D eigenvalue weighted by molar-refractivity contribution is 5.94. The highest BCUT2D eigenvalue weighted by Gasteiger charge is 2.42. The Morgan fingerprint density at radius 1 is 1.12 bits per heavy atom. The van der Waals surface area contributed by atoms with E-state index in [1.807, 2.05) is 12.1 Å². The van der Waals surface area contributed by atoms with E-state index in [2.05, 4.69) is 25.2 Å². The number of rotatable bonds is 2. The molecule has 0 radical (unpaired) electrons. The molecule has 1 amide bonds. The summed E-state index contributed by atoms with van der Waals surface area (Å²) in [6, 6.07) is 5.28. The van der Waals surface area contributed by atoms with Crippen molar-refractivity contribution in [2.24, 2.45) is 11.8 Å². The van der Waals surface area contributed by atoms with E-state index < -0.39 is 5.82 Å². The van der Waals surface area contributed by atoms with Crippen LogP contribution in [-0.2, 0) is 0 Å². The average Bonchev–Trinajstić information content (AvgIpc) is 3.35. The van der Waals surface area contributed by atoms with Crippen LogP contribution in [-0.4, -0.2) is 61.8 Å². The molecule has 0 bridgehead atoms. The Morgan fingerprint density at radius 3 is 2.69 bits per heavy atom. The fraction of sp³-hybridized carbons (Fsp3) is 0.353. The first-order valence-electron chi connectivity index (χ1n) is 8.50. The van der Waals surface area contributed by atoms with Gasteiger partial charge >= 0.3 is 0 Å². The van der Waals surface area contributed by atoms with Gasteiger partial charge < -0.3 is 9.80 Å². The van der Waals surface area contributed by atoms with E-state index in [4.69, 9.17) is 0 Å². The number of aromatic nitrogens is 5. The van der Waals surface area contributed by atoms with Gasteiger partial charge in [0, 0.05) is 44.2 Å². The molecule has 26 heavy (non-hydrogen) atoms. The van der Waals surface area contributed by atoms with E-state index in [0.29, 0.717) is 30.6 Å². The Balaban J connectivity index is 1.30. The van der Waals surface area contributed by atoms with Crippen molar-refractivity contribution in [3.63, 3.8) is 0 Å². The lowest BCUT2D eigenvalue weighted by Gasteiger charge is -2.22. The highest BCUT2D eigenvalue weighted by atomic mass is 19.1. The molecule has 2 saturated heterocycles. The van der Waals surface area contributed by atoms with Gasteiger partial charge in [0.15, 0.2) is 11.5 Å². The minimum atomic E-state index is -0.567. The normalized spacial score (nSPS) is 22.2. The van der Waals surface area contributed by atoms with Crippen molar-refractivity contribution in [1.29, 1.82) is 0 Å². The summed E-state index contributed by atoms with van der Waals surface area (Å²) in [7, 11) is 0. The Labute approximate surface area is 148 Å². The third-order valence-corrected chi connectivity index (χ3v) is 5.25. The summed E-state index contributed by atoms with van der Waals surface area (Å²) in [6.45, 7) is 2.93. The van der Waals surface area contributed by atoms with Crippen molar-refractivity contribution in [1.82, 2.24) is 29.7 Å². The monoisotopic (exact) mass is 353 g/mol. The van der Waals surface area contributed by atoms with Crippen LogP contribution in [0.5, 0.6) is 0 Å². The van der Waals surface area contributed by atoms with Crippen LogP contribution < -0.4 is 4.90 Å². The van der Waals surface area contributed by atoms with E-state index in [1.165, 1.54) is 12.3 Å². The van der Waals surface area contributed by atoms with E-state index in [1.54, 1.807) is 15.7 Å². The molecule has 5 heterocycles. The van der Waals surface area contributed by atoms with Crippen LogP contribution in [0.4, 0.5) is 10.2 Å². The summed E-state index contributed by atoms with van der Waals surface area (Å²) >= 11 is 0. The van der Waals surface area contributed by atoms with Crippen molar-refractivity contribution in [2.75, 3.05) is 31.1 Å². The molecule has 0 saturated carbocycles. The van der Waals surface area contributed by atoms with Gasteiger partial charge in [-0.15, -0.1) is 15.3 Å². The average molecular weight is 353 g/mol. The molecule has 3 aromatic heterocycles. The number of hydrogen-bond donors (Lipinski definition) is 0. The van der Waals surface area contributed by atoms with E-state index in [-0.39, 0.29) is 11.5 Å². The number of amides is 1. The van der Waals surface area contributed by atoms with Crippen LogP contribution in [0.25, 0.3) is 5.65 Å². The zero-order chi connectivity index (χ0) is 17.7. The second kappa shape index (κ2) is 5.72. The Morgan fingerprint density at radius 2 is 1.92 bits per heavy atom. The number of pyridine rings is 1. The van der Waals surface area contributed by atoms with Gasteiger partial charge in [-0.3, -0.25) is 9.78 Å². The second-order valence-electron chi connectivity index (χ2n) is 6.82. The van der Waals surface area contributed by atoms with Crippen LogP contribution >= 0.6 is 0 Å². The fourth-order valence-corrected chi connectivity index (χ4v) is 3.95. The lowest BCUT2D eigenvalue weighted by atomic mass is 10.0. The zero-order valence-electron chi connectivity index (χ0n) is 13.9. The number of likely N-dealkylation sites (tertiary alicyclic amines) is 1. The third kappa shape index (κ3) is 2.39. The molecule has 0 N–H and O–H groups in total. The second-order valence-corrected chi connectivity index (χ2v) is 6.82. The van der Waals surface area contributed by atoms with Gasteiger partial charge in [0.05, 0.1) is 11.8 Å². The molecule has 2 unspecified atom stereocenters. The van der Waals surface area contributed by atoms with Crippen LogP contribution in [0.2, 0.25) is 0 Å². The maximum absolute atomic E-state index is 13.8. The van der Waals surface area contributed by atoms with Crippen molar-refractivity contribution < 1.29 is 9.18 Å². The fourth-order valence-electron chi connectivity index (χ4n) is 3.95. The minimum absolute atomic E-state index is 0.0940. The summed E-state index contributed by atoms with van der Waals surface area (Å²) in [4.78, 5) is 20.3. The van der Waals surface area contributed by atoms with E-state index in [0.717, 1.165) is 25.1 Å². The number of fused-ring (bicyclic) bond motifs is 2. The number of nitrogens with zero attached hydrogens (tertiary/aromatic N) is 7. The molecule has 9 heteroatoms. The predicted molar refractivity (Wildman–Crippen MR) is 90.1 cm³/mol. The molecule has 8 nitrogen and oxygen atoms in total. The largest absolute Gasteiger partial charge is 0.354 e. The molecule has 2 aliphatic heterocycles.